The summed E-state index contributed by atoms with van der Waals surface area (Å²) in [6.45, 7) is 7.66. The summed E-state index contributed by atoms with van der Waals surface area (Å²) in [7, 11) is -2.86. The molecule has 0 saturated carbocycles. The van der Waals surface area contributed by atoms with Crippen molar-refractivity contribution >= 4 is 9.84 Å². The van der Waals surface area contributed by atoms with E-state index in [0.29, 0.717) is 0 Å². The molecule has 1 saturated heterocycles. The van der Waals surface area contributed by atoms with Gasteiger partial charge in [-0.25, -0.2) is 8.42 Å². The molecule has 0 aromatic rings. The molecule has 0 radical (unpaired) electrons. The zero-order valence-corrected chi connectivity index (χ0v) is 9.11. The van der Waals surface area contributed by atoms with E-state index in [1.54, 1.807) is 0 Å². The molecule has 2 nitrogen and oxygen atoms in total. The molecule has 1 atom stereocenters. The molecule has 1 aliphatic rings. The van der Waals surface area contributed by atoms with E-state index in [-0.39, 0.29) is 11.2 Å². The molecule has 0 spiro atoms. The van der Waals surface area contributed by atoms with E-state index in [1.165, 1.54) is 0 Å². The van der Waals surface area contributed by atoms with Crippen molar-refractivity contribution in [3.8, 4) is 0 Å². The van der Waals surface area contributed by atoms with Crippen molar-refractivity contribution in [2.24, 2.45) is 5.92 Å². The average molecular weight is 190 g/mol. The molecular weight excluding hydrogens is 172 g/mol. The Kier molecular flexibility index (Phi) is 2.28. The second-order valence-electron chi connectivity index (χ2n) is 4.63. The fraction of sp³-hybridized carbons (Fsp3) is 1.00. The number of sulfone groups is 1. The quantitative estimate of drug-likeness (QED) is 0.633. The molecule has 1 fully saturated rings. The highest BCUT2D eigenvalue weighted by Gasteiger charge is 2.47. The Labute approximate surface area is 75.3 Å². The lowest BCUT2D eigenvalue weighted by Crippen LogP contribution is -2.33. The highest BCUT2D eigenvalue weighted by molar-refractivity contribution is 7.93. The lowest BCUT2D eigenvalue weighted by atomic mass is 10.0. The Morgan fingerprint density at radius 1 is 1.33 bits per heavy atom. The molecule has 1 aliphatic heterocycles. The first kappa shape index (κ1) is 10.0. The molecule has 0 aromatic heterocycles. The predicted octanol–water partition coefficient (Wildman–Crippen LogP) is 2.00. The monoisotopic (exact) mass is 190 g/mol. The molecule has 12 heavy (non-hydrogen) atoms. The summed E-state index contributed by atoms with van der Waals surface area (Å²) in [5.74, 6) is 0.261. The van der Waals surface area contributed by atoms with Gasteiger partial charge in [0.2, 0.25) is 0 Å². The Morgan fingerprint density at radius 3 is 2.00 bits per heavy atom. The fourth-order valence-electron chi connectivity index (χ4n) is 1.89. The zero-order chi connectivity index (χ0) is 9.57. The summed E-state index contributed by atoms with van der Waals surface area (Å²) < 4.78 is 23.2. The Bertz CT molecular complexity index is 262. The van der Waals surface area contributed by atoms with E-state index < -0.39 is 14.6 Å². The van der Waals surface area contributed by atoms with Gasteiger partial charge in [0.05, 0.1) is 10.00 Å². The topological polar surface area (TPSA) is 34.1 Å². The van der Waals surface area contributed by atoms with Crippen LogP contribution in [0.2, 0.25) is 0 Å². The third-order valence-electron chi connectivity index (χ3n) is 2.94. The van der Waals surface area contributed by atoms with Gasteiger partial charge in [-0.15, -0.1) is 0 Å². The van der Waals surface area contributed by atoms with Crippen molar-refractivity contribution < 1.29 is 8.42 Å². The van der Waals surface area contributed by atoms with Crippen LogP contribution >= 0.6 is 0 Å². The Balaban J connectivity index is 3.03. The summed E-state index contributed by atoms with van der Waals surface area (Å²) in [6.07, 6.45) is 1.66. The summed E-state index contributed by atoms with van der Waals surface area (Å²) in [4.78, 5) is 0. The summed E-state index contributed by atoms with van der Waals surface area (Å²) in [6, 6.07) is 0. The molecule has 0 N–H and O–H groups in total. The molecule has 0 aliphatic carbocycles. The van der Waals surface area contributed by atoms with Crippen LogP contribution in [-0.2, 0) is 9.84 Å². The van der Waals surface area contributed by atoms with Crippen LogP contribution < -0.4 is 0 Å². The van der Waals surface area contributed by atoms with Crippen LogP contribution in [0.4, 0.5) is 0 Å². The second-order valence-corrected chi connectivity index (χ2v) is 7.43. The lowest BCUT2D eigenvalue weighted by Gasteiger charge is -2.20. The first-order chi connectivity index (χ1) is 5.29. The number of hydrogen-bond donors (Lipinski definition) is 0. The van der Waals surface area contributed by atoms with E-state index in [1.807, 2.05) is 27.7 Å². The van der Waals surface area contributed by atoms with Crippen LogP contribution in [-0.4, -0.2) is 18.4 Å². The van der Waals surface area contributed by atoms with Crippen LogP contribution in [0.1, 0.15) is 40.5 Å². The van der Waals surface area contributed by atoms with E-state index in [2.05, 4.69) is 0 Å². The van der Waals surface area contributed by atoms with Crippen molar-refractivity contribution in [1.29, 1.82) is 0 Å². The smallest absolute Gasteiger partial charge is 0.158 e. The molecule has 0 aromatic carbocycles. The highest BCUT2D eigenvalue weighted by Crippen LogP contribution is 2.39. The standard InChI is InChI=1S/C9H18O2S/c1-7(2)8-5-6-9(3,4)12(8,10)11/h7-8H,5-6H2,1-4H3. The average Bonchev–Trinajstić information content (AvgIpc) is 2.03. The summed E-state index contributed by atoms with van der Waals surface area (Å²) in [5.41, 5.74) is 0. The fourth-order valence-corrected chi connectivity index (χ4v) is 4.26. The van der Waals surface area contributed by atoms with Crippen molar-refractivity contribution in [3.63, 3.8) is 0 Å². The molecule has 0 amide bonds. The van der Waals surface area contributed by atoms with Gasteiger partial charge in [-0.3, -0.25) is 0 Å². The van der Waals surface area contributed by atoms with Gasteiger partial charge in [-0.05, 0) is 32.6 Å². The van der Waals surface area contributed by atoms with Gasteiger partial charge in [0.25, 0.3) is 0 Å². The SMILES string of the molecule is CC(C)C1CCC(C)(C)S1(=O)=O. The first-order valence-corrected chi connectivity index (χ1v) is 6.07. The maximum Gasteiger partial charge on any atom is 0.158 e. The predicted molar refractivity (Wildman–Crippen MR) is 50.9 cm³/mol. The molecule has 1 heterocycles. The van der Waals surface area contributed by atoms with Gasteiger partial charge >= 0.3 is 0 Å². The summed E-state index contributed by atoms with van der Waals surface area (Å²) >= 11 is 0. The van der Waals surface area contributed by atoms with Gasteiger partial charge in [-0.2, -0.15) is 0 Å². The highest BCUT2D eigenvalue weighted by atomic mass is 32.2. The van der Waals surface area contributed by atoms with Crippen molar-refractivity contribution in [2.45, 2.75) is 50.5 Å². The van der Waals surface area contributed by atoms with Crippen molar-refractivity contribution in [1.82, 2.24) is 0 Å². The minimum Gasteiger partial charge on any atom is -0.228 e. The third kappa shape index (κ3) is 1.28. The van der Waals surface area contributed by atoms with Crippen LogP contribution in [0.3, 0.4) is 0 Å². The number of rotatable bonds is 1. The van der Waals surface area contributed by atoms with Crippen LogP contribution in [0.5, 0.6) is 0 Å². The van der Waals surface area contributed by atoms with Crippen LogP contribution in [0.25, 0.3) is 0 Å². The zero-order valence-electron chi connectivity index (χ0n) is 8.29. The second kappa shape index (κ2) is 2.72. The van der Waals surface area contributed by atoms with Gasteiger partial charge in [0.15, 0.2) is 9.84 Å². The minimum atomic E-state index is -2.86. The maximum atomic E-state index is 11.9. The van der Waals surface area contributed by atoms with Crippen molar-refractivity contribution in [3.05, 3.63) is 0 Å². The molecular formula is C9H18O2S. The van der Waals surface area contributed by atoms with E-state index in [9.17, 15) is 8.42 Å². The summed E-state index contributed by atoms with van der Waals surface area (Å²) in [5, 5.41) is -0.104. The molecule has 0 bridgehead atoms. The first-order valence-electron chi connectivity index (χ1n) is 4.52. The molecule has 72 valence electrons. The normalized spacial score (nSPS) is 32.6. The third-order valence-corrected chi connectivity index (χ3v) is 6.27. The lowest BCUT2D eigenvalue weighted by molar-refractivity contribution is 0.537. The van der Waals surface area contributed by atoms with Gasteiger partial charge in [0.1, 0.15) is 0 Å². The largest absolute Gasteiger partial charge is 0.228 e. The maximum absolute atomic E-state index is 11.9. The van der Waals surface area contributed by atoms with E-state index >= 15 is 0 Å². The van der Waals surface area contributed by atoms with E-state index in [4.69, 9.17) is 0 Å². The molecule has 1 rings (SSSR count). The van der Waals surface area contributed by atoms with Crippen LogP contribution in [0.15, 0.2) is 0 Å². The van der Waals surface area contributed by atoms with E-state index in [0.717, 1.165) is 12.8 Å². The Hall–Kier alpha value is -0.0500. The van der Waals surface area contributed by atoms with Crippen LogP contribution in [0, 0.1) is 5.92 Å². The van der Waals surface area contributed by atoms with Gasteiger partial charge < -0.3 is 0 Å². The minimum absolute atomic E-state index is 0.104. The van der Waals surface area contributed by atoms with Gasteiger partial charge in [0, 0.05) is 0 Å². The molecule has 3 heteroatoms. The molecule has 1 unspecified atom stereocenters. The van der Waals surface area contributed by atoms with Gasteiger partial charge in [-0.1, -0.05) is 13.8 Å². The Morgan fingerprint density at radius 2 is 1.83 bits per heavy atom. The van der Waals surface area contributed by atoms with Crippen molar-refractivity contribution in [2.75, 3.05) is 0 Å². The number of hydrogen-bond acceptors (Lipinski definition) is 2.